The van der Waals surface area contributed by atoms with Gasteiger partial charge in [0, 0.05) is 0 Å². The molecule has 1 aliphatic rings. The van der Waals surface area contributed by atoms with E-state index in [2.05, 4.69) is 4.74 Å². The second-order valence-corrected chi connectivity index (χ2v) is 2.90. The van der Waals surface area contributed by atoms with Gasteiger partial charge in [0.1, 0.15) is 12.2 Å². The fourth-order valence-corrected chi connectivity index (χ4v) is 0.532. The third kappa shape index (κ3) is 4.11. The van der Waals surface area contributed by atoms with Crippen LogP contribution in [-0.2, 0) is 4.74 Å². The van der Waals surface area contributed by atoms with E-state index in [1.54, 1.807) is 11.8 Å². The van der Waals surface area contributed by atoms with Crippen LogP contribution in [0.25, 0.3) is 0 Å². The lowest BCUT2D eigenvalue weighted by molar-refractivity contribution is 0.0572. The van der Waals surface area contributed by atoms with Gasteiger partial charge in [0.05, 0.1) is 13.2 Å². The molecule has 0 radical (unpaired) electrons. The zero-order valence-corrected chi connectivity index (χ0v) is 7.10. The Morgan fingerprint density at radius 1 is 1.20 bits per heavy atom. The molecule has 62 valence electrons. The fourth-order valence-electron chi connectivity index (χ4n) is 0.532. The van der Waals surface area contributed by atoms with Crippen molar-refractivity contribution in [2.75, 3.05) is 25.7 Å². The molecule has 0 bridgehead atoms. The highest BCUT2D eigenvalue weighted by Gasteiger charge is 2.22. The van der Waals surface area contributed by atoms with Gasteiger partial charge in [-0.3, -0.25) is 0 Å². The van der Waals surface area contributed by atoms with Gasteiger partial charge in [0.15, 0.2) is 0 Å². The van der Waals surface area contributed by atoms with Gasteiger partial charge in [-0.2, -0.15) is 11.8 Å². The van der Waals surface area contributed by atoms with Crippen LogP contribution in [0.3, 0.4) is 0 Å². The smallest absolute Gasteiger partial charge is 0.105 e. The van der Waals surface area contributed by atoms with Gasteiger partial charge in [-0.05, 0) is 12.5 Å². The van der Waals surface area contributed by atoms with Crippen molar-refractivity contribution in [2.24, 2.45) is 0 Å². The molecule has 0 aromatic heterocycles. The van der Waals surface area contributed by atoms with Gasteiger partial charge in [-0.25, -0.2) is 0 Å². The van der Waals surface area contributed by atoms with Crippen LogP contribution in [-0.4, -0.2) is 48.1 Å². The van der Waals surface area contributed by atoms with E-state index in [4.69, 9.17) is 10.2 Å². The standard InChI is InChI=1S/C4H8O3.C2H6S/c5-3-1-7-2-4(3)6;1-3-2/h3-6H,1-2H2;1-2H3. The monoisotopic (exact) mass is 166 g/mol. The highest BCUT2D eigenvalue weighted by atomic mass is 32.2. The zero-order chi connectivity index (χ0) is 7.98. The number of aliphatic hydroxyl groups is 2. The van der Waals surface area contributed by atoms with Crippen LogP contribution < -0.4 is 0 Å². The van der Waals surface area contributed by atoms with Gasteiger partial charge in [0.25, 0.3) is 0 Å². The summed E-state index contributed by atoms with van der Waals surface area (Å²) in [4.78, 5) is 0. The first kappa shape index (κ1) is 10.2. The predicted octanol–water partition coefficient (Wildman–Crippen LogP) is -0.282. The molecule has 0 amide bonds. The molecule has 1 aliphatic heterocycles. The van der Waals surface area contributed by atoms with E-state index in [9.17, 15) is 0 Å². The maximum Gasteiger partial charge on any atom is 0.105 e. The Morgan fingerprint density at radius 2 is 1.50 bits per heavy atom. The van der Waals surface area contributed by atoms with Gasteiger partial charge >= 0.3 is 0 Å². The summed E-state index contributed by atoms with van der Waals surface area (Å²) in [6.45, 7) is 0.558. The Morgan fingerprint density at radius 3 is 1.60 bits per heavy atom. The molecule has 1 fully saturated rings. The van der Waals surface area contributed by atoms with Crippen LogP contribution in [0.1, 0.15) is 0 Å². The number of aliphatic hydroxyl groups excluding tert-OH is 2. The Hall–Kier alpha value is 0.230. The molecule has 0 aromatic carbocycles. The van der Waals surface area contributed by atoms with E-state index < -0.39 is 12.2 Å². The zero-order valence-electron chi connectivity index (χ0n) is 6.28. The molecule has 10 heavy (non-hydrogen) atoms. The average molecular weight is 166 g/mol. The highest BCUT2D eigenvalue weighted by Crippen LogP contribution is 2.02. The van der Waals surface area contributed by atoms with E-state index >= 15 is 0 Å². The maximum absolute atomic E-state index is 8.62. The first-order valence-electron chi connectivity index (χ1n) is 3.06. The lowest BCUT2D eigenvalue weighted by Gasteiger charge is -2.00. The molecule has 0 saturated carbocycles. The Balaban J connectivity index is 0.000000236. The molecule has 0 aliphatic carbocycles. The van der Waals surface area contributed by atoms with Gasteiger partial charge in [-0.15, -0.1) is 0 Å². The van der Waals surface area contributed by atoms with Crippen molar-refractivity contribution in [2.45, 2.75) is 12.2 Å². The Bertz CT molecular complexity index is 71.4. The minimum Gasteiger partial charge on any atom is -0.388 e. The first-order chi connectivity index (χ1) is 4.72. The molecule has 1 heterocycles. The predicted molar refractivity (Wildman–Crippen MR) is 42.3 cm³/mol. The van der Waals surface area contributed by atoms with Crippen LogP contribution in [0, 0.1) is 0 Å². The number of hydrogen-bond donors (Lipinski definition) is 2. The van der Waals surface area contributed by atoms with Crippen molar-refractivity contribution in [1.82, 2.24) is 0 Å². The largest absolute Gasteiger partial charge is 0.388 e. The summed E-state index contributed by atoms with van der Waals surface area (Å²) in [6, 6.07) is 0. The number of ether oxygens (including phenoxy) is 1. The summed E-state index contributed by atoms with van der Waals surface area (Å²) >= 11 is 1.75. The van der Waals surface area contributed by atoms with Crippen molar-refractivity contribution in [1.29, 1.82) is 0 Å². The van der Waals surface area contributed by atoms with Crippen LogP contribution in [0.4, 0.5) is 0 Å². The van der Waals surface area contributed by atoms with E-state index in [1.807, 2.05) is 12.5 Å². The van der Waals surface area contributed by atoms with E-state index in [1.165, 1.54) is 0 Å². The lowest BCUT2D eigenvalue weighted by Crippen LogP contribution is -2.22. The van der Waals surface area contributed by atoms with Crippen molar-refractivity contribution < 1.29 is 14.9 Å². The molecular weight excluding hydrogens is 152 g/mol. The SMILES string of the molecule is CSC.OC1COCC1O. The normalized spacial score (nSPS) is 31.2. The highest BCUT2D eigenvalue weighted by molar-refractivity contribution is 7.97. The lowest BCUT2D eigenvalue weighted by atomic mass is 10.3. The van der Waals surface area contributed by atoms with E-state index in [-0.39, 0.29) is 13.2 Å². The summed E-state index contributed by atoms with van der Waals surface area (Å²) in [6.07, 6.45) is 2.78. The summed E-state index contributed by atoms with van der Waals surface area (Å²) in [7, 11) is 0. The molecule has 0 aromatic rings. The molecular formula is C6H14O3S. The Kier molecular flexibility index (Phi) is 6.11. The molecule has 2 atom stereocenters. The quantitative estimate of drug-likeness (QED) is 0.519. The minimum absolute atomic E-state index is 0.279. The fraction of sp³-hybridized carbons (Fsp3) is 1.00. The minimum atomic E-state index is -0.653. The van der Waals surface area contributed by atoms with Gasteiger partial charge < -0.3 is 14.9 Å². The summed E-state index contributed by atoms with van der Waals surface area (Å²) in [5.74, 6) is 0. The average Bonchev–Trinajstić information content (AvgIpc) is 2.19. The van der Waals surface area contributed by atoms with Crippen molar-refractivity contribution in [3.63, 3.8) is 0 Å². The van der Waals surface area contributed by atoms with Crippen molar-refractivity contribution in [3.8, 4) is 0 Å². The molecule has 2 N–H and O–H groups in total. The van der Waals surface area contributed by atoms with E-state index in [0.29, 0.717) is 0 Å². The van der Waals surface area contributed by atoms with Gasteiger partial charge in [-0.1, -0.05) is 0 Å². The second-order valence-electron chi connectivity index (χ2n) is 2.08. The molecule has 2 unspecified atom stereocenters. The first-order valence-corrected chi connectivity index (χ1v) is 4.69. The number of rotatable bonds is 0. The molecule has 3 nitrogen and oxygen atoms in total. The Labute approximate surface area is 65.4 Å². The summed E-state index contributed by atoms with van der Waals surface area (Å²) in [5, 5.41) is 17.2. The number of hydrogen-bond acceptors (Lipinski definition) is 4. The van der Waals surface area contributed by atoms with Crippen LogP contribution in [0.5, 0.6) is 0 Å². The maximum atomic E-state index is 8.62. The van der Waals surface area contributed by atoms with Crippen molar-refractivity contribution in [3.05, 3.63) is 0 Å². The third-order valence-corrected chi connectivity index (χ3v) is 1.02. The third-order valence-electron chi connectivity index (χ3n) is 1.02. The summed E-state index contributed by atoms with van der Waals surface area (Å²) < 4.78 is 4.67. The molecule has 4 heteroatoms. The van der Waals surface area contributed by atoms with Crippen LogP contribution in [0.15, 0.2) is 0 Å². The van der Waals surface area contributed by atoms with Crippen molar-refractivity contribution >= 4 is 11.8 Å². The molecule has 1 rings (SSSR count). The molecule has 1 saturated heterocycles. The van der Waals surface area contributed by atoms with E-state index in [0.717, 1.165) is 0 Å². The topological polar surface area (TPSA) is 49.7 Å². The van der Waals surface area contributed by atoms with Gasteiger partial charge in [0.2, 0.25) is 0 Å². The summed E-state index contributed by atoms with van der Waals surface area (Å²) in [5.41, 5.74) is 0. The molecule has 0 spiro atoms. The second kappa shape index (κ2) is 5.97. The van der Waals surface area contributed by atoms with Crippen LogP contribution in [0.2, 0.25) is 0 Å². The number of thioether (sulfide) groups is 1. The van der Waals surface area contributed by atoms with Crippen LogP contribution >= 0.6 is 11.8 Å².